The number of piperidine rings is 1. The topological polar surface area (TPSA) is 75.7 Å². The van der Waals surface area contributed by atoms with Crippen LogP contribution in [-0.4, -0.2) is 63.2 Å². The first-order valence-electron chi connectivity index (χ1n) is 6.67. The number of urea groups is 1. The van der Waals surface area contributed by atoms with Crippen molar-refractivity contribution in [2.75, 3.05) is 26.5 Å². The molecule has 2 aliphatic heterocycles. The second-order valence-electron chi connectivity index (χ2n) is 5.44. The minimum Gasteiger partial charge on any atom is -0.383 e. The van der Waals surface area contributed by atoms with Gasteiger partial charge in [0.1, 0.15) is 9.84 Å². The van der Waals surface area contributed by atoms with E-state index in [1.54, 1.807) is 7.11 Å². The predicted octanol–water partition coefficient (Wildman–Crippen LogP) is 0.382. The fourth-order valence-corrected chi connectivity index (χ4v) is 4.30. The molecule has 2 heterocycles. The van der Waals surface area contributed by atoms with Crippen LogP contribution in [0.1, 0.15) is 25.7 Å². The number of rotatable bonds is 4. The van der Waals surface area contributed by atoms with Gasteiger partial charge >= 0.3 is 6.03 Å². The van der Waals surface area contributed by atoms with Gasteiger partial charge in [-0.2, -0.15) is 0 Å². The Balaban J connectivity index is 1.97. The Morgan fingerprint density at radius 1 is 1.32 bits per heavy atom. The Bertz CT molecular complexity index is 423. The van der Waals surface area contributed by atoms with E-state index in [-0.39, 0.29) is 23.4 Å². The highest BCUT2D eigenvalue weighted by atomic mass is 32.2. The van der Waals surface area contributed by atoms with Crippen LogP contribution in [0.15, 0.2) is 0 Å². The van der Waals surface area contributed by atoms with Crippen molar-refractivity contribution < 1.29 is 17.9 Å². The van der Waals surface area contributed by atoms with Crippen molar-refractivity contribution in [2.24, 2.45) is 0 Å². The van der Waals surface area contributed by atoms with Crippen molar-refractivity contribution in [3.8, 4) is 0 Å². The molecule has 0 aromatic carbocycles. The molecular formula is C12H22N2O4S. The van der Waals surface area contributed by atoms with E-state index in [0.717, 1.165) is 12.8 Å². The van der Waals surface area contributed by atoms with Crippen LogP contribution < -0.4 is 5.32 Å². The van der Waals surface area contributed by atoms with Gasteiger partial charge in [-0.05, 0) is 25.7 Å². The minimum atomic E-state index is -3.00. The molecule has 2 rings (SSSR count). The van der Waals surface area contributed by atoms with Gasteiger partial charge in [-0.15, -0.1) is 0 Å². The van der Waals surface area contributed by atoms with E-state index in [9.17, 15) is 13.2 Å². The lowest BCUT2D eigenvalue weighted by atomic mass is 10.0. The predicted molar refractivity (Wildman–Crippen MR) is 71.8 cm³/mol. The molecule has 7 heteroatoms. The second kappa shape index (κ2) is 5.66. The molecule has 0 saturated carbocycles. The third-order valence-corrected chi connectivity index (χ3v) is 5.71. The number of nitrogens with one attached hydrogen (secondary N) is 1. The molecule has 2 bridgehead atoms. The van der Waals surface area contributed by atoms with E-state index in [1.807, 2.05) is 4.90 Å². The molecule has 2 atom stereocenters. The molecule has 2 saturated heterocycles. The van der Waals surface area contributed by atoms with Gasteiger partial charge in [0.15, 0.2) is 0 Å². The summed E-state index contributed by atoms with van der Waals surface area (Å²) >= 11 is 0. The number of sulfone groups is 1. The molecule has 110 valence electrons. The third kappa shape index (κ3) is 3.20. The smallest absolute Gasteiger partial charge is 0.317 e. The van der Waals surface area contributed by atoms with Crippen molar-refractivity contribution in [3.63, 3.8) is 0 Å². The highest BCUT2D eigenvalue weighted by molar-refractivity contribution is 7.91. The number of amides is 2. The molecule has 0 radical (unpaired) electrons. The summed E-state index contributed by atoms with van der Waals surface area (Å²) in [4.78, 5) is 13.9. The van der Waals surface area contributed by atoms with Crippen molar-refractivity contribution in [1.29, 1.82) is 0 Å². The summed E-state index contributed by atoms with van der Waals surface area (Å²) in [7, 11) is -1.41. The van der Waals surface area contributed by atoms with Crippen molar-refractivity contribution in [2.45, 2.75) is 43.0 Å². The maximum absolute atomic E-state index is 12.1. The lowest BCUT2D eigenvalue weighted by Crippen LogP contribution is -2.53. The third-order valence-electron chi connectivity index (χ3n) is 4.11. The van der Waals surface area contributed by atoms with Gasteiger partial charge in [0.05, 0.1) is 11.9 Å². The molecule has 19 heavy (non-hydrogen) atoms. The van der Waals surface area contributed by atoms with E-state index in [0.29, 0.717) is 26.0 Å². The summed E-state index contributed by atoms with van der Waals surface area (Å²) in [5.41, 5.74) is 0. The van der Waals surface area contributed by atoms with Gasteiger partial charge in [0.2, 0.25) is 0 Å². The Morgan fingerprint density at radius 2 is 1.89 bits per heavy atom. The highest BCUT2D eigenvalue weighted by Gasteiger charge is 2.45. The lowest BCUT2D eigenvalue weighted by molar-refractivity contribution is 0.142. The molecule has 6 nitrogen and oxygen atoms in total. The zero-order chi connectivity index (χ0) is 14.0. The molecule has 0 aromatic rings. The largest absolute Gasteiger partial charge is 0.383 e. The van der Waals surface area contributed by atoms with E-state index in [1.165, 1.54) is 6.26 Å². The number of carbonyl (C=O) groups is 1. The van der Waals surface area contributed by atoms with Crippen LogP contribution in [0.5, 0.6) is 0 Å². The quantitative estimate of drug-likeness (QED) is 0.760. The minimum absolute atomic E-state index is 0.0704. The first-order chi connectivity index (χ1) is 8.93. The SMILES string of the molecule is COCCNC(=O)N1C2CCC1CC(S(C)(=O)=O)C2. The number of carbonyl (C=O) groups excluding carboxylic acids is 1. The average Bonchev–Trinajstić information content (AvgIpc) is 2.58. The van der Waals surface area contributed by atoms with Crippen LogP contribution >= 0.6 is 0 Å². The molecule has 2 aliphatic rings. The summed E-state index contributed by atoms with van der Waals surface area (Å²) in [6.07, 6.45) is 4.27. The Morgan fingerprint density at radius 3 is 2.37 bits per heavy atom. The Kier molecular flexibility index (Phi) is 4.35. The van der Waals surface area contributed by atoms with Gasteiger partial charge in [0.25, 0.3) is 0 Å². The average molecular weight is 290 g/mol. The Labute approximate surface area is 114 Å². The number of nitrogens with zero attached hydrogens (tertiary/aromatic N) is 1. The van der Waals surface area contributed by atoms with Crippen molar-refractivity contribution >= 4 is 15.9 Å². The zero-order valence-corrected chi connectivity index (χ0v) is 12.3. The van der Waals surface area contributed by atoms with Crippen LogP contribution in [0.25, 0.3) is 0 Å². The number of hydrogen-bond donors (Lipinski definition) is 1. The van der Waals surface area contributed by atoms with Crippen LogP contribution in [-0.2, 0) is 14.6 Å². The van der Waals surface area contributed by atoms with Gasteiger partial charge in [-0.3, -0.25) is 0 Å². The maximum Gasteiger partial charge on any atom is 0.317 e. The number of ether oxygens (including phenoxy) is 1. The number of fused-ring (bicyclic) bond motifs is 2. The first-order valence-corrected chi connectivity index (χ1v) is 8.63. The number of methoxy groups -OCH3 is 1. The zero-order valence-electron chi connectivity index (χ0n) is 11.5. The fraction of sp³-hybridized carbons (Fsp3) is 0.917. The van der Waals surface area contributed by atoms with Gasteiger partial charge in [0, 0.05) is 32.0 Å². The monoisotopic (exact) mass is 290 g/mol. The number of hydrogen-bond acceptors (Lipinski definition) is 4. The highest BCUT2D eigenvalue weighted by Crippen LogP contribution is 2.37. The van der Waals surface area contributed by atoms with Crippen molar-refractivity contribution in [1.82, 2.24) is 10.2 Å². The van der Waals surface area contributed by atoms with Gasteiger partial charge < -0.3 is 15.0 Å². The van der Waals surface area contributed by atoms with Crippen LogP contribution in [0.3, 0.4) is 0 Å². The molecule has 1 N–H and O–H groups in total. The summed E-state index contributed by atoms with van der Waals surface area (Å²) in [5, 5.41) is 2.54. The summed E-state index contributed by atoms with van der Waals surface area (Å²) in [5.74, 6) is 0. The first kappa shape index (κ1) is 14.6. The summed E-state index contributed by atoms with van der Waals surface area (Å²) < 4.78 is 28.2. The molecule has 2 fully saturated rings. The molecule has 0 aromatic heterocycles. The summed E-state index contributed by atoms with van der Waals surface area (Å²) in [6.45, 7) is 0.974. The van der Waals surface area contributed by atoms with Crippen molar-refractivity contribution in [3.05, 3.63) is 0 Å². The maximum atomic E-state index is 12.1. The van der Waals surface area contributed by atoms with E-state index >= 15 is 0 Å². The van der Waals surface area contributed by atoms with Crippen LogP contribution in [0, 0.1) is 0 Å². The van der Waals surface area contributed by atoms with Gasteiger partial charge in [-0.1, -0.05) is 0 Å². The van der Waals surface area contributed by atoms with E-state index in [2.05, 4.69) is 5.32 Å². The van der Waals surface area contributed by atoms with Crippen LogP contribution in [0.4, 0.5) is 4.79 Å². The van der Waals surface area contributed by atoms with Crippen LogP contribution in [0.2, 0.25) is 0 Å². The lowest BCUT2D eigenvalue weighted by Gasteiger charge is -2.38. The molecule has 0 spiro atoms. The van der Waals surface area contributed by atoms with E-state index in [4.69, 9.17) is 4.74 Å². The standard InChI is InChI=1S/C12H22N2O4S/c1-18-6-5-13-12(15)14-9-3-4-10(14)8-11(7-9)19(2,16)17/h9-11H,3-8H2,1-2H3,(H,13,15). The molecule has 2 unspecified atom stereocenters. The van der Waals surface area contributed by atoms with Gasteiger partial charge in [-0.25, -0.2) is 13.2 Å². The fourth-order valence-electron chi connectivity index (χ4n) is 3.16. The summed E-state index contributed by atoms with van der Waals surface area (Å²) in [6, 6.07) is 0.0542. The second-order valence-corrected chi connectivity index (χ2v) is 7.77. The van der Waals surface area contributed by atoms with E-state index < -0.39 is 9.84 Å². The molecule has 0 aliphatic carbocycles. The normalized spacial score (nSPS) is 30.4. The molecule has 2 amide bonds. The molecular weight excluding hydrogens is 268 g/mol. The Hall–Kier alpha value is -0.820.